The fourth-order valence-electron chi connectivity index (χ4n) is 1.31. The molecule has 2 N–H and O–H groups in total. The lowest BCUT2D eigenvalue weighted by Gasteiger charge is -2.16. The Morgan fingerprint density at radius 3 is 2.56 bits per heavy atom. The van der Waals surface area contributed by atoms with E-state index in [9.17, 15) is 8.42 Å². The predicted octanol–water partition coefficient (Wildman–Crippen LogP) is 1.26. The van der Waals surface area contributed by atoms with Gasteiger partial charge in [-0.25, -0.2) is 18.1 Å². The number of hydrogen-bond acceptors (Lipinski definition) is 5. The van der Waals surface area contributed by atoms with E-state index in [1.54, 1.807) is 13.1 Å². The van der Waals surface area contributed by atoms with E-state index in [2.05, 4.69) is 15.0 Å². The van der Waals surface area contributed by atoms with Crippen LogP contribution in [0.5, 0.6) is 0 Å². The second-order valence-corrected chi connectivity index (χ2v) is 8.09. The summed E-state index contributed by atoms with van der Waals surface area (Å²) in [4.78, 5) is 5.02. The van der Waals surface area contributed by atoms with Gasteiger partial charge in [-0.05, 0) is 13.8 Å². The van der Waals surface area contributed by atoms with Crippen molar-refractivity contribution in [1.82, 2.24) is 15.0 Å². The smallest absolute Gasteiger partial charge is 0.215 e. The molecule has 0 saturated heterocycles. The van der Waals surface area contributed by atoms with Crippen LogP contribution < -0.4 is 10.0 Å². The summed E-state index contributed by atoms with van der Waals surface area (Å²) in [5.41, 5.74) is 0. The minimum absolute atomic E-state index is 0.284. The maximum absolute atomic E-state index is 12.0. The van der Waals surface area contributed by atoms with Gasteiger partial charge in [-0.1, -0.05) is 13.8 Å². The van der Waals surface area contributed by atoms with Crippen LogP contribution in [0.25, 0.3) is 0 Å². The van der Waals surface area contributed by atoms with Gasteiger partial charge in [0.15, 0.2) is 0 Å². The van der Waals surface area contributed by atoms with E-state index in [4.69, 9.17) is 0 Å². The van der Waals surface area contributed by atoms with Crippen LogP contribution in [0.1, 0.15) is 30.7 Å². The number of nitrogens with one attached hydrogen (secondary N) is 2. The molecular weight excluding hydrogens is 270 g/mol. The van der Waals surface area contributed by atoms with Crippen LogP contribution in [0.4, 0.5) is 0 Å². The van der Waals surface area contributed by atoms with Crippen LogP contribution in [0.3, 0.4) is 0 Å². The fraction of sp³-hybridized carbons (Fsp3) is 0.727. The highest BCUT2D eigenvalue weighted by molar-refractivity contribution is 7.90. The third-order valence-electron chi connectivity index (χ3n) is 2.46. The molecule has 1 heterocycles. The molecule has 7 heteroatoms. The summed E-state index contributed by atoms with van der Waals surface area (Å²) in [6, 6.07) is 0.284. The van der Waals surface area contributed by atoms with Crippen molar-refractivity contribution in [3.63, 3.8) is 0 Å². The van der Waals surface area contributed by atoms with Crippen molar-refractivity contribution in [1.29, 1.82) is 0 Å². The van der Waals surface area contributed by atoms with Gasteiger partial charge >= 0.3 is 0 Å². The van der Waals surface area contributed by atoms with Gasteiger partial charge < -0.3 is 5.32 Å². The summed E-state index contributed by atoms with van der Waals surface area (Å²) in [7, 11) is -3.28. The molecule has 1 unspecified atom stereocenters. The van der Waals surface area contributed by atoms with Crippen LogP contribution in [0.15, 0.2) is 6.20 Å². The molecule has 0 radical (unpaired) electrons. The maximum Gasteiger partial charge on any atom is 0.215 e. The Morgan fingerprint density at radius 1 is 1.39 bits per heavy atom. The zero-order chi connectivity index (χ0) is 13.8. The van der Waals surface area contributed by atoms with E-state index in [1.165, 1.54) is 11.3 Å². The molecule has 0 spiro atoms. The second-order valence-electron chi connectivity index (χ2n) is 4.59. The Kier molecular flexibility index (Phi) is 5.71. The monoisotopic (exact) mass is 291 g/mol. The molecule has 1 atom stereocenters. The topological polar surface area (TPSA) is 71.1 Å². The second kappa shape index (κ2) is 6.60. The van der Waals surface area contributed by atoms with Crippen molar-refractivity contribution >= 4 is 21.4 Å². The SMILES string of the molecule is Cc1ncc(CNS(=O)(=O)C(C)CNC(C)C)s1. The Balaban J connectivity index is 2.48. The number of hydrogen-bond donors (Lipinski definition) is 2. The lowest BCUT2D eigenvalue weighted by molar-refractivity contribution is 0.540. The first-order valence-electron chi connectivity index (χ1n) is 5.94. The molecule has 0 aliphatic rings. The van der Waals surface area contributed by atoms with Gasteiger partial charge in [0.05, 0.1) is 10.3 Å². The molecule has 0 amide bonds. The maximum atomic E-state index is 12.0. The number of thiazole rings is 1. The first-order chi connectivity index (χ1) is 8.31. The first-order valence-corrected chi connectivity index (χ1v) is 8.30. The molecule has 1 aromatic rings. The quantitative estimate of drug-likeness (QED) is 0.793. The highest BCUT2D eigenvalue weighted by atomic mass is 32.2. The minimum atomic E-state index is -3.28. The third-order valence-corrected chi connectivity index (χ3v) is 5.15. The minimum Gasteiger partial charge on any atom is -0.313 e. The molecule has 5 nitrogen and oxygen atoms in total. The number of aryl methyl sites for hydroxylation is 1. The van der Waals surface area contributed by atoms with Gasteiger partial charge in [0.25, 0.3) is 0 Å². The third kappa shape index (κ3) is 5.01. The molecule has 0 fully saturated rings. The van der Waals surface area contributed by atoms with Crippen molar-refractivity contribution in [3.05, 3.63) is 16.1 Å². The Morgan fingerprint density at radius 2 is 2.06 bits per heavy atom. The summed E-state index contributed by atoms with van der Waals surface area (Å²) >= 11 is 1.50. The zero-order valence-electron chi connectivity index (χ0n) is 11.2. The van der Waals surface area contributed by atoms with Gasteiger partial charge in [0.1, 0.15) is 0 Å². The zero-order valence-corrected chi connectivity index (χ0v) is 12.9. The first kappa shape index (κ1) is 15.6. The molecule has 0 aliphatic carbocycles. The van der Waals surface area contributed by atoms with E-state index in [1.807, 2.05) is 20.8 Å². The van der Waals surface area contributed by atoms with Crippen LogP contribution in [-0.2, 0) is 16.6 Å². The molecule has 0 bridgehead atoms. The molecule has 1 aromatic heterocycles. The van der Waals surface area contributed by atoms with Crippen molar-refractivity contribution in [3.8, 4) is 0 Å². The van der Waals surface area contributed by atoms with E-state index < -0.39 is 15.3 Å². The summed E-state index contributed by atoms with van der Waals surface area (Å²) in [6.07, 6.45) is 1.71. The lowest BCUT2D eigenvalue weighted by Crippen LogP contribution is -2.40. The number of rotatable bonds is 7. The van der Waals surface area contributed by atoms with Crippen molar-refractivity contribution in [2.45, 2.75) is 45.5 Å². The van der Waals surface area contributed by atoms with E-state index >= 15 is 0 Å². The van der Waals surface area contributed by atoms with Gasteiger partial charge in [-0.3, -0.25) is 0 Å². The van der Waals surface area contributed by atoms with Crippen molar-refractivity contribution in [2.24, 2.45) is 0 Å². The molecule has 1 rings (SSSR count). The Labute approximate surface area is 113 Å². The standard InChI is InChI=1S/C11H21N3O2S2/c1-8(2)12-5-9(3)18(15,16)14-7-11-6-13-10(4)17-11/h6,8-9,12,14H,5,7H2,1-4H3. The average Bonchev–Trinajstić information content (AvgIpc) is 2.69. The van der Waals surface area contributed by atoms with Crippen LogP contribution in [0.2, 0.25) is 0 Å². The van der Waals surface area contributed by atoms with Crippen LogP contribution in [-0.4, -0.2) is 31.2 Å². The molecule has 0 aliphatic heterocycles. The Hall–Kier alpha value is -0.500. The van der Waals surface area contributed by atoms with Crippen LogP contribution >= 0.6 is 11.3 Å². The summed E-state index contributed by atoms with van der Waals surface area (Å²) in [5, 5.41) is 3.62. The number of aromatic nitrogens is 1. The molecule has 0 saturated carbocycles. The van der Waals surface area contributed by atoms with Gasteiger partial charge in [0, 0.05) is 30.2 Å². The fourth-order valence-corrected chi connectivity index (χ4v) is 3.10. The summed E-state index contributed by atoms with van der Waals surface area (Å²) < 4.78 is 26.5. The highest BCUT2D eigenvalue weighted by Crippen LogP contribution is 2.11. The molecule has 0 aromatic carbocycles. The average molecular weight is 291 g/mol. The van der Waals surface area contributed by atoms with E-state index in [0.29, 0.717) is 13.1 Å². The molecule has 104 valence electrons. The number of sulfonamides is 1. The van der Waals surface area contributed by atoms with E-state index in [0.717, 1.165) is 9.88 Å². The Bertz CT molecular complexity index is 468. The van der Waals surface area contributed by atoms with Gasteiger partial charge in [-0.2, -0.15) is 0 Å². The van der Waals surface area contributed by atoms with Gasteiger partial charge in [0.2, 0.25) is 10.0 Å². The van der Waals surface area contributed by atoms with Crippen molar-refractivity contribution < 1.29 is 8.42 Å². The normalized spacial score (nSPS) is 14.1. The van der Waals surface area contributed by atoms with Crippen LogP contribution in [0, 0.1) is 6.92 Å². The predicted molar refractivity (Wildman–Crippen MR) is 75.2 cm³/mol. The highest BCUT2D eigenvalue weighted by Gasteiger charge is 2.20. The van der Waals surface area contributed by atoms with E-state index in [-0.39, 0.29) is 6.04 Å². The largest absolute Gasteiger partial charge is 0.313 e. The lowest BCUT2D eigenvalue weighted by atomic mass is 10.3. The summed E-state index contributed by atoms with van der Waals surface area (Å²) in [6.45, 7) is 8.36. The number of nitrogens with zero attached hydrogens (tertiary/aromatic N) is 1. The molecule has 18 heavy (non-hydrogen) atoms. The summed E-state index contributed by atoms with van der Waals surface area (Å²) in [5.74, 6) is 0. The van der Waals surface area contributed by atoms with Gasteiger partial charge in [-0.15, -0.1) is 11.3 Å². The van der Waals surface area contributed by atoms with Crippen molar-refractivity contribution in [2.75, 3.05) is 6.54 Å². The molecular formula is C11H21N3O2S2.